The van der Waals surface area contributed by atoms with Crippen LogP contribution in [0.2, 0.25) is 0 Å². The molecule has 0 unspecified atom stereocenters. The molecular weight excluding hydrogens is 450 g/mol. The van der Waals surface area contributed by atoms with Gasteiger partial charge in [0.05, 0.1) is 18.5 Å². The molecule has 0 spiro atoms. The first-order valence-corrected chi connectivity index (χ1v) is 11.8. The number of hydrogen-bond donors (Lipinski definition) is 2. The number of nitrogens with zero attached hydrogens (tertiary/aromatic N) is 2. The Hall–Kier alpha value is -4.58. The molecule has 0 radical (unpaired) electrons. The summed E-state index contributed by atoms with van der Waals surface area (Å²) >= 11 is 0. The fourth-order valence-corrected chi connectivity index (χ4v) is 4.05. The lowest BCUT2D eigenvalue weighted by Crippen LogP contribution is -2.17. The third-order valence-corrected chi connectivity index (χ3v) is 5.75. The first kappa shape index (κ1) is 24.5. The molecule has 6 nitrogen and oxygen atoms in total. The number of nitrogens with one attached hydrogen (secondary N) is 1. The second kappa shape index (κ2) is 11.2. The number of amides is 1. The number of carbonyl (C=O) groups excluding carboxylic acids is 1. The van der Waals surface area contributed by atoms with Crippen LogP contribution in [-0.4, -0.2) is 28.4 Å². The highest BCUT2D eigenvalue weighted by Crippen LogP contribution is 2.32. The number of rotatable bonds is 9. The molecule has 0 atom stereocenters. The molecule has 182 valence electrons. The lowest BCUT2D eigenvalue weighted by Gasteiger charge is -2.13. The van der Waals surface area contributed by atoms with Gasteiger partial charge >= 0.3 is 0 Å². The van der Waals surface area contributed by atoms with Crippen molar-refractivity contribution in [2.75, 3.05) is 6.61 Å². The highest BCUT2D eigenvalue weighted by atomic mass is 16.5. The van der Waals surface area contributed by atoms with E-state index >= 15 is 0 Å². The lowest BCUT2D eigenvalue weighted by atomic mass is 10.1. The van der Waals surface area contributed by atoms with Gasteiger partial charge in [0.25, 0.3) is 5.91 Å². The molecule has 2 N–H and O–H groups in total. The van der Waals surface area contributed by atoms with E-state index in [0.29, 0.717) is 35.5 Å². The van der Waals surface area contributed by atoms with Gasteiger partial charge in [-0.1, -0.05) is 36.4 Å². The van der Waals surface area contributed by atoms with Crippen molar-refractivity contribution in [3.05, 3.63) is 114 Å². The number of hydrogen-bond acceptors (Lipinski definition) is 4. The third kappa shape index (κ3) is 5.39. The topological polar surface area (TPSA) is 75.9 Å². The molecule has 0 saturated heterocycles. The van der Waals surface area contributed by atoms with Crippen molar-refractivity contribution >= 4 is 12.1 Å². The predicted octanol–water partition coefficient (Wildman–Crippen LogP) is 6.05. The Kier molecular flexibility index (Phi) is 7.66. The number of ether oxygens (including phenoxy) is 1. The van der Waals surface area contributed by atoms with Gasteiger partial charge in [-0.25, -0.2) is 5.43 Å². The number of phenolic OH excluding ortho intramolecular Hbond substituents is 1. The van der Waals surface area contributed by atoms with Gasteiger partial charge in [-0.05, 0) is 79.9 Å². The molecule has 6 heteroatoms. The van der Waals surface area contributed by atoms with Gasteiger partial charge < -0.3 is 14.4 Å². The van der Waals surface area contributed by atoms with Gasteiger partial charge in [0, 0.05) is 22.5 Å². The third-order valence-electron chi connectivity index (χ3n) is 5.75. The first-order chi connectivity index (χ1) is 17.5. The van der Waals surface area contributed by atoms with Gasteiger partial charge in [0.15, 0.2) is 11.5 Å². The van der Waals surface area contributed by atoms with Crippen molar-refractivity contribution in [3.63, 3.8) is 0 Å². The van der Waals surface area contributed by atoms with E-state index in [1.807, 2.05) is 37.3 Å². The molecule has 3 aromatic carbocycles. The molecule has 1 amide bonds. The number of aromatic nitrogens is 1. The van der Waals surface area contributed by atoms with Crippen LogP contribution in [0.1, 0.15) is 34.1 Å². The van der Waals surface area contributed by atoms with Crippen LogP contribution in [0.5, 0.6) is 11.5 Å². The summed E-state index contributed by atoms with van der Waals surface area (Å²) in [4.78, 5) is 12.7. The molecule has 1 heterocycles. The number of phenols is 1. The van der Waals surface area contributed by atoms with Crippen molar-refractivity contribution in [3.8, 4) is 28.4 Å². The molecule has 0 aliphatic carbocycles. The van der Waals surface area contributed by atoms with E-state index < -0.39 is 0 Å². The monoisotopic (exact) mass is 479 g/mol. The number of carbonyl (C=O) groups is 1. The number of allylic oxidation sites excluding steroid dienone is 1. The SMILES string of the molecule is C=CCc1cc(/C=N/NC(=O)c2ccc(-n3c(C)ccc3-c3ccccc3)cc2)cc(OCC)c1O. The first-order valence-electron chi connectivity index (χ1n) is 11.8. The number of hydrazone groups is 1. The van der Waals surface area contributed by atoms with Crippen LogP contribution in [-0.2, 0) is 6.42 Å². The van der Waals surface area contributed by atoms with Gasteiger partial charge in [0.2, 0.25) is 0 Å². The van der Waals surface area contributed by atoms with Gasteiger partial charge in [-0.3, -0.25) is 4.79 Å². The fourth-order valence-electron chi connectivity index (χ4n) is 4.05. The maximum Gasteiger partial charge on any atom is 0.271 e. The average Bonchev–Trinajstić information content (AvgIpc) is 3.28. The molecule has 0 aliphatic heterocycles. The highest BCUT2D eigenvalue weighted by molar-refractivity contribution is 5.95. The quantitative estimate of drug-likeness (QED) is 0.174. The summed E-state index contributed by atoms with van der Waals surface area (Å²) in [6.45, 7) is 8.05. The van der Waals surface area contributed by atoms with E-state index in [0.717, 1.165) is 22.6 Å². The lowest BCUT2D eigenvalue weighted by molar-refractivity contribution is 0.0955. The summed E-state index contributed by atoms with van der Waals surface area (Å²) in [6.07, 6.45) is 3.71. The van der Waals surface area contributed by atoms with E-state index in [1.165, 1.54) is 6.21 Å². The standard InChI is InChI=1S/C30H29N3O3/c1-4-9-25-18-22(19-28(29(25)34)36-5-2)20-31-32-30(35)24-13-15-26(16-14-24)33-21(3)12-17-27(33)23-10-7-6-8-11-23/h4,6-8,10-20,34H,1,5,9H2,2-3H3,(H,32,35)/b31-20+. The van der Waals surface area contributed by atoms with Crippen molar-refractivity contribution in [1.29, 1.82) is 0 Å². The summed E-state index contributed by atoms with van der Waals surface area (Å²) < 4.78 is 7.68. The second-order valence-corrected chi connectivity index (χ2v) is 8.26. The maximum absolute atomic E-state index is 12.7. The smallest absolute Gasteiger partial charge is 0.271 e. The summed E-state index contributed by atoms with van der Waals surface area (Å²) in [7, 11) is 0. The number of benzene rings is 3. The Bertz CT molecular complexity index is 1390. The molecule has 4 aromatic rings. The Morgan fingerprint density at radius 3 is 2.53 bits per heavy atom. The summed E-state index contributed by atoms with van der Waals surface area (Å²) in [5.41, 5.74) is 8.72. The zero-order valence-corrected chi connectivity index (χ0v) is 20.4. The molecular formula is C30H29N3O3. The Balaban J connectivity index is 1.49. The molecule has 0 bridgehead atoms. The van der Waals surface area contributed by atoms with Gasteiger partial charge in [0.1, 0.15) is 0 Å². The Morgan fingerprint density at radius 1 is 1.08 bits per heavy atom. The van der Waals surface area contributed by atoms with Crippen LogP contribution in [0.15, 0.2) is 96.6 Å². The summed E-state index contributed by atoms with van der Waals surface area (Å²) in [5.74, 6) is 0.141. The molecule has 0 fully saturated rings. The molecule has 0 aliphatic rings. The van der Waals surface area contributed by atoms with Crippen molar-refractivity contribution in [1.82, 2.24) is 9.99 Å². The Morgan fingerprint density at radius 2 is 1.83 bits per heavy atom. The molecule has 36 heavy (non-hydrogen) atoms. The summed E-state index contributed by atoms with van der Waals surface area (Å²) in [5, 5.41) is 14.4. The maximum atomic E-state index is 12.7. The van der Waals surface area contributed by atoms with Crippen LogP contribution in [0.4, 0.5) is 0 Å². The van der Waals surface area contributed by atoms with Crippen LogP contribution in [0, 0.1) is 6.92 Å². The van der Waals surface area contributed by atoms with Crippen molar-refractivity contribution in [2.24, 2.45) is 5.10 Å². The zero-order chi connectivity index (χ0) is 25.5. The van der Waals surface area contributed by atoms with Crippen LogP contribution in [0.25, 0.3) is 16.9 Å². The average molecular weight is 480 g/mol. The van der Waals surface area contributed by atoms with Crippen LogP contribution < -0.4 is 10.2 Å². The molecule has 4 rings (SSSR count). The fraction of sp³-hybridized carbons (Fsp3) is 0.133. The second-order valence-electron chi connectivity index (χ2n) is 8.26. The van der Waals surface area contributed by atoms with E-state index in [9.17, 15) is 9.90 Å². The number of aromatic hydroxyl groups is 1. The minimum atomic E-state index is -0.319. The largest absolute Gasteiger partial charge is 0.504 e. The Labute approximate surface area is 211 Å². The summed E-state index contributed by atoms with van der Waals surface area (Å²) in [6, 6.07) is 25.3. The predicted molar refractivity (Wildman–Crippen MR) is 144 cm³/mol. The minimum absolute atomic E-state index is 0.0892. The van der Waals surface area contributed by atoms with Crippen molar-refractivity contribution in [2.45, 2.75) is 20.3 Å². The van der Waals surface area contributed by atoms with Crippen LogP contribution >= 0.6 is 0 Å². The van der Waals surface area contributed by atoms with E-state index in [1.54, 1.807) is 30.3 Å². The van der Waals surface area contributed by atoms with Crippen LogP contribution in [0.3, 0.4) is 0 Å². The normalized spacial score (nSPS) is 10.9. The number of aryl methyl sites for hydroxylation is 1. The van der Waals surface area contributed by atoms with E-state index in [4.69, 9.17) is 4.74 Å². The minimum Gasteiger partial charge on any atom is -0.504 e. The van der Waals surface area contributed by atoms with Crippen molar-refractivity contribution < 1.29 is 14.6 Å². The van der Waals surface area contributed by atoms with Gasteiger partial charge in [-0.2, -0.15) is 5.10 Å². The highest BCUT2D eigenvalue weighted by Gasteiger charge is 2.12. The molecule has 1 aromatic heterocycles. The van der Waals surface area contributed by atoms with E-state index in [2.05, 4.69) is 52.9 Å². The molecule has 0 saturated carbocycles. The zero-order valence-electron chi connectivity index (χ0n) is 20.4. The van der Waals surface area contributed by atoms with E-state index in [-0.39, 0.29) is 11.7 Å². The van der Waals surface area contributed by atoms with Gasteiger partial charge in [-0.15, -0.1) is 6.58 Å².